The van der Waals surface area contributed by atoms with Gasteiger partial charge < -0.3 is 15.4 Å². The summed E-state index contributed by atoms with van der Waals surface area (Å²) in [6.07, 6.45) is 1.58. The van der Waals surface area contributed by atoms with Crippen LogP contribution in [0.1, 0.15) is 28.4 Å². The van der Waals surface area contributed by atoms with E-state index in [1.165, 1.54) is 11.8 Å². The Morgan fingerprint density at radius 1 is 1.10 bits per heavy atom. The van der Waals surface area contributed by atoms with Gasteiger partial charge in [-0.05, 0) is 36.4 Å². The third-order valence-corrected chi connectivity index (χ3v) is 5.31. The molecular weight excluding hydrogens is 380 g/mol. The quantitative estimate of drug-likeness (QED) is 0.493. The van der Waals surface area contributed by atoms with Crippen LogP contribution in [0.4, 0.5) is 11.4 Å². The van der Waals surface area contributed by atoms with Gasteiger partial charge in [0.25, 0.3) is 5.91 Å². The van der Waals surface area contributed by atoms with Crippen molar-refractivity contribution in [3.8, 4) is 0 Å². The van der Waals surface area contributed by atoms with Crippen LogP contribution >= 0.6 is 0 Å². The van der Waals surface area contributed by atoms with Crippen molar-refractivity contribution in [3.05, 3.63) is 89.7 Å². The van der Waals surface area contributed by atoms with E-state index in [4.69, 9.17) is 0 Å². The zero-order chi connectivity index (χ0) is 20.9. The highest BCUT2D eigenvalue weighted by molar-refractivity contribution is 6.12. The van der Waals surface area contributed by atoms with E-state index < -0.39 is 5.72 Å². The average molecular weight is 398 g/mol. The van der Waals surface area contributed by atoms with Gasteiger partial charge in [0.15, 0.2) is 5.72 Å². The molecule has 7 heteroatoms. The zero-order valence-corrected chi connectivity index (χ0v) is 16.1. The van der Waals surface area contributed by atoms with Crippen LogP contribution in [-0.2, 0) is 10.5 Å². The van der Waals surface area contributed by atoms with Crippen LogP contribution in [-0.4, -0.2) is 26.9 Å². The molecule has 2 amide bonds. The number of carbonyl (C=O) groups is 2. The van der Waals surface area contributed by atoms with Gasteiger partial charge >= 0.3 is 0 Å². The number of nitrogens with zero attached hydrogens (tertiary/aromatic N) is 2. The lowest BCUT2D eigenvalue weighted by molar-refractivity contribution is -0.114. The molecular formula is C23H18N4O3. The Morgan fingerprint density at radius 2 is 1.93 bits per heavy atom. The van der Waals surface area contributed by atoms with Crippen molar-refractivity contribution in [1.29, 1.82) is 0 Å². The lowest BCUT2D eigenvalue weighted by Crippen LogP contribution is -2.45. The van der Waals surface area contributed by atoms with Crippen molar-refractivity contribution < 1.29 is 14.7 Å². The maximum absolute atomic E-state index is 13.4. The van der Waals surface area contributed by atoms with E-state index >= 15 is 0 Å². The lowest BCUT2D eigenvalue weighted by atomic mass is 9.93. The number of hydrogen-bond acceptors (Lipinski definition) is 4. The molecule has 1 aliphatic heterocycles. The smallest absolute Gasteiger partial charge is 0.261 e. The van der Waals surface area contributed by atoms with Gasteiger partial charge in [-0.1, -0.05) is 30.3 Å². The van der Waals surface area contributed by atoms with Crippen LogP contribution in [0.15, 0.2) is 73.1 Å². The summed E-state index contributed by atoms with van der Waals surface area (Å²) < 4.78 is 0. The van der Waals surface area contributed by atoms with Crippen molar-refractivity contribution in [2.75, 3.05) is 10.2 Å². The first-order valence-corrected chi connectivity index (χ1v) is 9.46. The van der Waals surface area contributed by atoms with Gasteiger partial charge in [-0.15, -0.1) is 0 Å². The third kappa shape index (κ3) is 2.60. The fraction of sp³-hybridized carbons (Fsp3) is 0.0870. The van der Waals surface area contributed by atoms with Gasteiger partial charge in [-0.25, -0.2) is 4.98 Å². The molecule has 2 heterocycles. The molecule has 5 rings (SSSR count). The minimum atomic E-state index is -1.72. The Bertz CT molecular complexity index is 1310. The van der Waals surface area contributed by atoms with E-state index in [1.807, 2.05) is 0 Å². The molecule has 3 N–H and O–H groups in total. The molecule has 148 valence electrons. The number of H-pyrrole nitrogens is 1. The number of fused-ring (bicyclic) bond motifs is 2. The van der Waals surface area contributed by atoms with Crippen molar-refractivity contribution >= 4 is 34.2 Å². The number of aliphatic hydroxyl groups is 1. The monoisotopic (exact) mass is 398 g/mol. The summed E-state index contributed by atoms with van der Waals surface area (Å²) in [6.45, 7) is 1.42. The molecule has 1 unspecified atom stereocenters. The normalized spacial score (nSPS) is 17.9. The van der Waals surface area contributed by atoms with Gasteiger partial charge in [0.2, 0.25) is 5.91 Å². The first kappa shape index (κ1) is 18.1. The summed E-state index contributed by atoms with van der Waals surface area (Å²) in [7, 11) is 0. The molecule has 0 saturated carbocycles. The van der Waals surface area contributed by atoms with Crippen molar-refractivity contribution in [2.24, 2.45) is 0 Å². The van der Waals surface area contributed by atoms with Gasteiger partial charge in [-0.2, -0.15) is 0 Å². The summed E-state index contributed by atoms with van der Waals surface area (Å²) in [5.74, 6) is -0.541. The fourth-order valence-corrected chi connectivity index (χ4v) is 4.03. The number of nitrogens with one attached hydrogen (secondary N) is 2. The molecule has 0 saturated heterocycles. The average Bonchev–Trinajstić information content (AvgIpc) is 3.29. The van der Waals surface area contributed by atoms with E-state index in [-0.39, 0.29) is 11.8 Å². The SMILES string of the molecule is CC(=O)Nc1cccc(N2C(=O)c3ccccc3C2(O)c2ccc3nc[nH]c3c2)c1. The topological polar surface area (TPSA) is 98.3 Å². The van der Waals surface area contributed by atoms with Crippen LogP contribution in [0.2, 0.25) is 0 Å². The fourth-order valence-electron chi connectivity index (χ4n) is 4.03. The molecule has 3 aromatic carbocycles. The molecule has 1 aromatic heterocycles. The second-order valence-corrected chi connectivity index (χ2v) is 7.22. The lowest BCUT2D eigenvalue weighted by Gasteiger charge is -2.35. The highest BCUT2D eigenvalue weighted by Crippen LogP contribution is 2.45. The summed E-state index contributed by atoms with van der Waals surface area (Å²) in [4.78, 5) is 33.5. The number of amides is 2. The molecule has 4 aromatic rings. The maximum atomic E-state index is 13.4. The Balaban J connectivity index is 1.73. The van der Waals surface area contributed by atoms with Crippen molar-refractivity contribution in [1.82, 2.24) is 9.97 Å². The summed E-state index contributed by atoms with van der Waals surface area (Å²) in [5.41, 5.74) is 2.26. The highest BCUT2D eigenvalue weighted by atomic mass is 16.3. The summed E-state index contributed by atoms with van der Waals surface area (Å²) in [6, 6.07) is 19.2. The van der Waals surface area contributed by atoms with Crippen LogP contribution in [0.25, 0.3) is 11.0 Å². The molecule has 0 radical (unpaired) electrons. The number of imidazole rings is 1. The van der Waals surface area contributed by atoms with Gasteiger partial charge in [0, 0.05) is 35.0 Å². The van der Waals surface area contributed by atoms with Crippen LogP contribution in [0, 0.1) is 0 Å². The Labute approximate surface area is 172 Å². The molecule has 7 nitrogen and oxygen atoms in total. The second kappa shape index (κ2) is 6.53. The Hall–Kier alpha value is -3.97. The molecule has 0 aliphatic carbocycles. The van der Waals surface area contributed by atoms with Crippen LogP contribution < -0.4 is 10.2 Å². The molecule has 0 bridgehead atoms. The van der Waals surface area contributed by atoms with Gasteiger partial charge in [-0.3, -0.25) is 14.5 Å². The predicted octanol–water partition coefficient (Wildman–Crippen LogP) is 3.38. The highest BCUT2D eigenvalue weighted by Gasteiger charge is 2.50. The second-order valence-electron chi connectivity index (χ2n) is 7.22. The number of rotatable bonds is 3. The third-order valence-electron chi connectivity index (χ3n) is 5.31. The van der Waals surface area contributed by atoms with E-state index in [1.54, 1.807) is 73.1 Å². The first-order chi connectivity index (χ1) is 14.5. The van der Waals surface area contributed by atoms with Crippen molar-refractivity contribution in [3.63, 3.8) is 0 Å². The van der Waals surface area contributed by atoms with Crippen LogP contribution in [0.3, 0.4) is 0 Å². The molecule has 1 aliphatic rings. The number of aromatic amines is 1. The number of anilines is 2. The predicted molar refractivity (Wildman–Crippen MR) is 113 cm³/mol. The molecule has 1 atom stereocenters. The minimum Gasteiger partial charge on any atom is -0.363 e. The van der Waals surface area contributed by atoms with Crippen LogP contribution in [0.5, 0.6) is 0 Å². The number of carbonyl (C=O) groups excluding carboxylic acids is 2. The number of hydrogen-bond donors (Lipinski definition) is 3. The summed E-state index contributed by atoms with van der Waals surface area (Å²) >= 11 is 0. The molecule has 0 spiro atoms. The first-order valence-electron chi connectivity index (χ1n) is 9.46. The van der Waals surface area contributed by atoms with E-state index in [0.717, 1.165) is 11.0 Å². The molecule has 30 heavy (non-hydrogen) atoms. The number of benzene rings is 3. The largest absolute Gasteiger partial charge is 0.363 e. The van der Waals surface area contributed by atoms with E-state index in [9.17, 15) is 14.7 Å². The Morgan fingerprint density at radius 3 is 2.77 bits per heavy atom. The van der Waals surface area contributed by atoms with E-state index in [0.29, 0.717) is 28.1 Å². The minimum absolute atomic E-state index is 0.219. The molecule has 0 fully saturated rings. The maximum Gasteiger partial charge on any atom is 0.261 e. The van der Waals surface area contributed by atoms with Gasteiger partial charge in [0.05, 0.1) is 17.4 Å². The Kier molecular flexibility index (Phi) is 3.94. The van der Waals surface area contributed by atoms with Crippen molar-refractivity contribution in [2.45, 2.75) is 12.6 Å². The summed E-state index contributed by atoms with van der Waals surface area (Å²) in [5, 5.41) is 14.8. The zero-order valence-electron chi connectivity index (χ0n) is 16.1. The van der Waals surface area contributed by atoms with Gasteiger partial charge in [0.1, 0.15) is 0 Å². The standard InChI is InChI=1S/C23H18N4O3/c1-14(28)26-16-5-4-6-17(12-16)27-22(29)18-7-2-3-8-19(18)23(27,30)15-9-10-20-21(11-15)25-13-24-20/h2-13,30H,1H3,(H,24,25)(H,26,28). The van der Waals surface area contributed by atoms with E-state index in [2.05, 4.69) is 15.3 Å². The number of aromatic nitrogens is 2.